The van der Waals surface area contributed by atoms with Gasteiger partial charge < -0.3 is 0 Å². The average molecular weight is 392 g/mol. The summed E-state index contributed by atoms with van der Waals surface area (Å²) in [6.45, 7) is 2.29. The standard InChI is InChI=1S/C27H34FN/c1-2-3-4-5-6-19-7-9-22-15-23(12-11-21(22)13-19)25-16-24-10-8-20(18-29)14-26(24)27(28)17-25/h8,10,14,16-17,19,21-23H,2-7,9,11-13,15H2,1H3. The predicted molar refractivity (Wildman–Crippen MR) is 118 cm³/mol. The molecule has 0 saturated heterocycles. The Labute approximate surface area is 175 Å². The average Bonchev–Trinajstić information content (AvgIpc) is 2.76. The van der Waals surface area contributed by atoms with E-state index in [1.807, 2.05) is 6.07 Å². The molecular formula is C27H34FN. The number of fused-ring (bicyclic) bond motifs is 2. The third-order valence-corrected chi connectivity index (χ3v) is 7.71. The molecule has 0 bridgehead atoms. The molecule has 0 aliphatic heterocycles. The molecule has 2 aromatic rings. The Balaban J connectivity index is 1.40. The molecule has 4 unspecified atom stereocenters. The maximum Gasteiger partial charge on any atom is 0.131 e. The van der Waals surface area contributed by atoms with Crippen LogP contribution in [-0.4, -0.2) is 0 Å². The summed E-state index contributed by atoms with van der Waals surface area (Å²) in [6, 6.07) is 11.4. The lowest BCUT2D eigenvalue weighted by atomic mass is 9.63. The topological polar surface area (TPSA) is 23.8 Å². The molecule has 0 amide bonds. The van der Waals surface area contributed by atoms with E-state index in [2.05, 4.69) is 19.1 Å². The van der Waals surface area contributed by atoms with E-state index in [9.17, 15) is 4.39 Å². The van der Waals surface area contributed by atoms with E-state index in [0.717, 1.165) is 23.1 Å². The van der Waals surface area contributed by atoms with Crippen molar-refractivity contribution in [1.82, 2.24) is 0 Å². The van der Waals surface area contributed by atoms with Crippen molar-refractivity contribution in [3.63, 3.8) is 0 Å². The molecule has 0 N–H and O–H groups in total. The molecule has 2 aromatic carbocycles. The van der Waals surface area contributed by atoms with Crippen molar-refractivity contribution in [2.24, 2.45) is 17.8 Å². The van der Waals surface area contributed by atoms with Crippen molar-refractivity contribution in [3.8, 4) is 6.07 Å². The molecular weight excluding hydrogens is 357 g/mol. The van der Waals surface area contributed by atoms with Gasteiger partial charge in [-0.3, -0.25) is 0 Å². The minimum Gasteiger partial charge on any atom is -0.206 e. The number of nitrogens with zero attached hydrogens (tertiary/aromatic N) is 1. The van der Waals surface area contributed by atoms with Gasteiger partial charge in [0.05, 0.1) is 11.6 Å². The molecule has 0 aromatic heterocycles. The van der Waals surface area contributed by atoms with Crippen LogP contribution in [0.25, 0.3) is 10.8 Å². The minimum absolute atomic E-state index is 0.174. The van der Waals surface area contributed by atoms with Crippen molar-refractivity contribution >= 4 is 10.8 Å². The van der Waals surface area contributed by atoms with E-state index < -0.39 is 0 Å². The van der Waals surface area contributed by atoms with Gasteiger partial charge in [0.25, 0.3) is 0 Å². The van der Waals surface area contributed by atoms with Gasteiger partial charge in [0.15, 0.2) is 0 Å². The van der Waals surface area contributed by atoms with Crippen LogP contribution in [-0.2, 0) is 0 Å². The van der Waals surface area contributed by atoms with Gasteiger partial charge in [0.1, 0.15) is 5.82 Å². The number of hydrogen-bond donors (Lipinski definition) is 0. The number of nitriles is 1. The second-order valence-electron chi connectivity index (χ2n) is 9.61. The van der Waals surface area contributed by atoms with Gasteiger partial charge in [0.2, 0.25) is 0 Å². The molecule has 2 heteroatoms. The number of hydrogen-bond acceptors (Lipinski definition) is 1. The normalized spacial score (nSPS) is 26.8. The minimum atomic E-state index is -0.174. The van der Waals surface area contributed by atoms with Gasteiger partial charge >= 0.3 is 0 Å². The first-order valence-corrected chi connectivity index (χ1v) is 11.8. The van der Waals surface area contributed by atoms with Crippen molar-refractivity contribution in [2.45, 2.75) is 83.5 Å². The van der Waals surface area contributed by atoms with Gasteiger partial charge in [-0.25, -0.2) is 4.39 Å². The maximum absolute atomic E-state index is 14.8. The Bertz CT molecular complexity index is 880. The third kappa shape index (κ3) is 4.66. The Hall–Kier alpha value is -1.88. The molecule has 29 heavy (non-hydrogen) atoms. The van der Waals surface area contributed by atoms with E-state index in [1.165, 1.54) is 76.2 Å². The number of unbranched alkanes of at least 4 members (excludes halogenated alkanes) is 3. The Morgan fingerprint density at radius 2 is 1.79 bits per heavy atom. The van der Waals surface area contributed by atoms with Crippen molar-refractivity contribution in [1.29, 1.82) is 5.26 Å². The Morgan fingerprint density at radius 3 is 2.62 bits per heavy atom. The Kier molecular flexibility index (Phi) is 6.53. The van der Waals surface area contributed by atoms with Crippen molar-refractivity contribution in [3.05, 3.63) is 47.3 Å². The zero-order valence-electron chi connectivity index (χ0n) is 17.8. The van der Waals surface area contributed by atoms with E-state index in [-0.39, 0.29) is 5.82 Å². The van der Waals surface area contributed by atoms with Gasteiger partial charge in [-0.15, -0.1) is 0 Å². The molecule has 2 fully saturated rings. The Morgan fingerprint density at radius 1 is 0.966 bits per heavy atom. The fourth-order valence-electron chi connectivity index (χ4n) is 6.05. The van der Waals surface area contributed by atoms with Crippen LogP contribution in [0.3, 0.4) is 0 Å². The fourth-order valence-corrected chi connectivity index (χ4v) is 6.05. The second kappa shape index (κ2) is 9.29. The van der Waals surface area contributed by atoms with Gasteiger partial charge in [-0.1, -0.05) is 57.6 Å². The van der Waals surface area contributed by atoms with Gasteiger partial charge in [-0.2, -0.15) is 5.26 Å². The van der Waals surface area contributed by atoms with Crippen LogP contribution < -0.4 is 0 Å². The summed E-state index contributed by atoms with van der Waals surface area (Å²) in [7, 11) is 0. The van der Waals surface area contributed by atoms with Gasteiger partial charge in [0, 0.05) is 5.39 Å². The fraction of sp³-hybridized carbons (Fsp3) is 0.593. The third-order valence-electron chi connectivity index (χ3n) is 7.71. The van der Waals surface area contributed by atoms with Crippen molar-refractivity contribution in [2.75, 3.05) is 0 Å². The van der Waals surface area contributed by atoms with Crippen LogP contribution >= 0.6 is 0 Å². The first-order valence-electron chi connectivity index (χ1n) is 11.8. The second-order valence-corrected chi connectivity index (χ2v) is 9.61. The molecule has 154 valence electrons. The monoisotopic (exact) mass is 391 g/mol. The molecule has 0 radical (unpaired) electrons. The maximum atomic E-state index is 14.8. The molecule has 4 atom stereocenters. The highest BCUT2D eigenvalue weighted by atomic mass is 19.1. The summed E-state index contributed by atoms with van der Waals surface area (Å²) in [4.78, 5) is 0. The highest BCUT2D eigenvalue weighted by Crippen LogP contribution is 2.48. The van der Waals surface area contributed by atoms with Crippen LogP contribution in [0.2, 0.25) is 0 Å². The molecule has 2 saturated carbocycles. The van der Waals surface area contributed by atoms with E-state index in [0.29, 0.717) is 16.9 Å². The van der Waals surface area contributed by atoms with Crippen LogP contribution in [0.4, 0.5) is 4.39 Å². The lowest BCUT2D eigenvalue weighted by Crippen LogP contribution is -2.30. The van der Waals surface area contributed by atoms with Crippen LogP contribution in [0.5, 0.6) is 0 Å². The van der Waals surface area contributed by atoms with Crippen LogP contribution in [0, 0.1) is 34.9 Å². The molecule has 2 aliphatic rings. The first kappa shape index (κ1) is 20.4. The van der Waals surface area contributed by atoms with E-state index >= 15 is 0 Å². The highest BCUT2D eigenvalue weighted by Gasteiger charge is 2.36. The van der Waals surface area contributed by atoms with E-state index in [4.69, 9.17) is 5.26 Å². The number of benzene rings is 2. The largest absolute Gasteiger partial charge is 0.206 e. The molecule has 4 rings (SSSR count). The quantitative estimate of drug-likeness (QED) is 0.456. The molecule has 2 aliphatic carbocycles. The van der Waals surface area contributed by atoms with Crippen molar-refractivity contribution < 1.29 is 4.39 Å². The summed E-state index contributed by atoms with van der Waals surface area (Å²) in [6.07, 6.45) is 14.9. The summed E-state index contributed by atoms with van der Waals surface area (Å²) in [5.41, 5.74) is 1.69. The summed E-state index contributed by atoms with van der Waals surface area (Å²) < 4.78 is 14.8. The summed E-state index contributed by atoms with van der Waals surface area (Å²) in [5.74, 6) is 3.01. The van der Waals surface area contributed by atoms with Gasteiger partial charge in [-0.05, 0) is 84.9 Å². The SMILES string of the molecule is CCCCCCC1CCC2CC(c3cc(F)c4cc(C#N)ccc4c3)CCC2C1. The summed E-state index contributed by atoms with van der Waals surface area (Å²) in [5, 5.41) is 10.6. The summed E-state index contributed by atoms with van der Waals surface area (Å²) >= 11 is 0. The molecule has 0 heterocycles. The number of halogens is 1. The predicted octanol–water partition coefficient (Wildman–Crippen LogP) is 8.12. The number of rotatable bonds is 6. The first-order chi connectivity index (χ1) is 14.2. The lowest BCUT2D eigenvalue weighted by molar-refractivity contribution is 0.113. The smallest absolute Gasteiger partial charge is 0.131 e. The lowest BCUT2D eigenvalue weighted by Gasteiger charge is -2.42. The highest BCUT2D eigenvalue weighted by molar-refractivity contribution is 5.85. The zero-order chi connectivity index (χ0) is 20.2. The molecule has 1 nitrogen and oxygen atoms in total. The van der Waals surface area contributed by atoms with E-state index in [1.54, 1.807) is 18.2 Å². The zero-order valence-corrected chi connectivity index (χ0v) is 17.8. The van der Waals surface area contributed by atoms with Crippen LogP contribution in [0.15, 0.2) is 30.3 Å². The van der Waals surface area contributed by atoms with Crippen LogP contribution in [0.1, 0.15) is 94.6 Å². The molecule has 0 spiro atoms.